The van der Waals surface area contributed by atoms with Crippen molar-refractivity contribution in [2.75, 3.05) is 13.2 Å². The molecule has 2 rings (SSSR count). The normalized spacial score (nSPS) is 10.0. The van der Waals surface area contributed by atoms with E-state index in [0.717, 1.165) is 0 Å². The standard InChI is InChI=1S/C15H15ClN2O4/c16-11-3-5-12(6-4-11)22-9-7-17-14(19)15(20)18-10-13-2-1-8-21-13/h1-6,8H,7,9-10H2,(H,17,19)(H,18,20). The largest absolute Gasteiger partial charge is 0.492 e. The maximum absolute atomic E-state index is 11.5. The molecule has 7 heteroatoms. The fraction of sp³-hybridized carbons (Fsp3) is 0.200. The van der Waals surface area contributed by atoms with E-state index in [0.29, 0.717) is 16.5 Å². The van der Waals surface area contributed by atoms with Gasteiger partial charge in [-0.2, -0.15) is 0 Å². The smallest absolute Gasteiger partial charge is 0.309 e. The highest BCUT2D eigenvalue weighted by Crippen LogP contribution is 2.15. The number of furan rings is 1. The summed E-state index contributed by atoms with van der Waals surface area (Å²) in [6.45, 7) is 0.634. The molecule has 6 nitrogen and oxygen atoms in total. The van der Waals surface area contributed by atoms with Crippen LogP contribution < -0.4 is 15.4 Å². The Labute approximate surface area is 132 Å². The van der Waals surface area contributed by atoms with E-state index in [1.165, 1.54) is 6.26 Å². The Morgan fingerprint density at radius 3 is 2.50 bits per heavy atom. The van der Waals surface area contributed by atoms with E-state index in [2.05, 4.69) is 10.6 Å². The van der Waals surface area contributed by atoms with E-state index < -0.39 is 11.8 Å². The van der Waals surface area contributed by atoms with Crippen LogP contribution in [-0.2, 0) is 16.1 Å². The molecule has 0 atom stereocenters. The molecule has 0 saturated heterocycles. The monoisotopic (exact) mass is 322 g/mol. The summed E-state index contributed by atoms with van der Waals surface area (Å²) in [6, 6.07) is 10.3. The van der Waals surface area contributed by atoms with Gasteiger partial charge in [-0.3, -0.25) is 9.59 Å². The Bertz CT molecular complexity index is 611. The average molecular weight is 323 g/mol. The first-order valence-electron chi connectivity index (χ1n) is 6.62. The summed E-state index contributed by atoms with van der Waals surface area (Å²) < 4.78 is 10.4. The third-order valence-corrected chi connectivity index (χ3v) is 2.93. The van der Waals surface area contributed by atoms with Crippen LogP contribution in [0.15, 0.2) is 47.1 Å². The van der Waals surface area contributed by atoms with Crippen molar-refractivity contribution in [1.82, 2.24) is 10.6 Å². The molecule has 1 aromatic carbocycles. The lowest BCUT2D eigenvalue weighted by atomic mass is 10.3. The lowest BCUT2D eigenvalue weighted by molar-refractivity contribution is -0.139. The van der Waals surface area contributed by atoms with Gasteiger partial charge in [-0.15, -0.1) is 0 Å². The Balaban J connectivity index is 1.62. The highest BCUT2D eigenvalue weighted by molar-refractivity contribution is 6.35. The number of benzene rings is 1. The Morgan fingerprint density at radius 1 is 1.09 bits per heavy atom. The summed E-state index contributed by atoms with van der Waals surface area (Å²) in [7, 11) is 0. The van der Waals surface area contributed by atoms with Gasteiger partial charge < -0.3 is 19.8 Å². The summed E-state index contributed by atoms with van der Waals surface area (Å²) in [5, 5.41) is 5.53. The van der Waals surface area contributed by atoms with Gasteiger partial charge in [0, 0.05) is 5.02 Å². The van der Waals surface area contributed by atoms with Gasteiger partial charge >= 0.3 is 11.8 Å². The Hall–Kier alpha value is -2.47. The first-order chi connectivity index (χ1) is 10.6. The number of nitrogens with one attached hydrogen (secondary N) is 2. The molecule has 116 valence electrons. The molecule has 0 unspecified atom stereocenters. The molecular formula is C15H15ClN2O4. The number of hydrogen-bond donors (Lipinski definition) is 2. The Kier molecular flexibility index (Phi) is 5.85. The van der Waals surface area contributed by atoms with Crippen LogP contribution in [0.4, 0.5) is 0 Å². The van der Waals surface area contributed by atoms with Crippen LogP contribution in [0, 0.1) is 0 Å². The van der Waals surface area contributed by atoms with Crippen LogP contribution >= 0.6 is 11.6 Å². The zero-order valence-electron chi connectivity index (χ0n) is 11.7. The number of ether oxygens (including phenoxy) is 1. The van der Waals surface area contributed by atoms with E-state index >= 15 is 0 Å². The van der Waals surface area contributed by atoms with Crippen molar-refractivity contribution in [2.24, 2.45) is 0 Å². The SMILES string of the molecule is O=C(NCCOc1ccc(Cl)cc1)C(=O)NCc1ccco1. The van der Waals surface area contributed by atoms with Crippen molar-refractivity contribution in [3.8, 4) is 5.75 Å². The van der Waals surface area contributed by atoms with Gasteiger partial charge in [-0.05, 0) is 36.4 Å². The molecule has 22 heavy (non-hydrogen) atoms. The second-order valence-corrected chi connectivity index (χ2v) is 4.76. The molecule has 2 N–H and O–H groups in total. The Morgan fingerprint density at radius 2 is 1.82 bits per heavy atom. The van der Waals surface area contributed by atoms with Crippen LogP contribution in [0.25, 0.3) is 0 Å². The van der Waals surface area contributed by atoms with Crippen molar-refractivity contribution in [2.45, 2.75) is 6.54 Å². The predicted molar refractivity (Wildman–Crippen MR) is 80.5 cm³/mol. The minimum atomic E-state index is -0.720. The maximum Gasteiger partial charge on any atom is 0.309 e. The fourth-order valence-electron chi connectivity index (χ4n) is 1.61. The lowest BCUT2D eigenvalue weighted by Crippen LogP contribution is -2.41. The minimum Gasteiger partial charge on any atom is -0.492 e. The van der Waals surface area contributed by atoms with Gasteiger partial charge in [0.15, 0.2) is 0 Å². The highest BCUT2D eigenvalue weighted by Gasteiger charge is 2.12. The van der Waals surface area contributed by atoms with Gasteiger partial charge in [0.1, 0.15) is 18.1 Å². The van der Waals surface area contributed by atoms with E-state index in [4.69, 9.17) is 20.8 Å². The van der Waals surface area contributed by atoms with Gasteiger partial charge in [0.2, 0.25) is 0 Å². The topological polar surface area (TPSA) is 80.6 Å². The number of amides is 2. The molecule has 0 radical (unpaired) electrons. The molecule has 0 fully saturated rings. The van der Waals surface area contributed by atoms with E-state index in [1.807, 2.05) is 0 Å². The molecular weight excluding hydrogens is 308 g/mol. The number of carbonyl (C=O) groups excluding carboxylic acids is 2. The maximum atomic E-state index is 11.5. The molecule has 2 amide bonds. The van der Waals surface area contributed by atoms with Crippen LogP contribution in [0.5, 0.6) is 5.75 Å². The molecule has 0 aliphatic carbocycles. The van der Waals surface area contributed by atoms with Gasteiger partial charge in [0.05, 0.1) is 19.4 Å². The first kappa shape index (κ1) is 15.9. The quantitative estimate of drug-likeness (QED) is 0.627. The van der Waals surface area contributed by atoms with Crippen molar-refractivity contribution in [3.63, 3.8) is 0 Å². The molecule has 0 saturated carbocycles. The highest BCUT2D eigenvalue weighted by atomic mass is 35.5. The third-order valence-electron chi connectivity index (χ3n) is 2.68. The third kappa shape index (κ3) is 5.14. The van der Waals surface area contributed by atoms with E-state index in [9.17, 15) is 9.59 Å². The van der Waals surface area contributed by atoms with Crippen molar-refractivity contribution < 1.29 is 18.7 Å². The minimum absolute atomic E-state index is 0.167. The zero-order chi connectivity index (χ0) is 15.8. The second-order valence-electron chi connectivity index (χ2n) is 4.32. The van der Waals surface area contributed by atoms with Crippen LogP contribution in [0.3, 0.4) is 0 Å². The van der Waals surface area contributed by atoms with Gasteiger partial charge in [0.25, 0.3) is 0 Å². The average Bonchev–Trinajstić information content (AvgIpc) is 3.04. The molecule has 1 aromatic heterocycles. The second kappa shape index (κ2) is 8.09. The van der Waals surface area contributed by atoms with E-state index in [1.54, 1.807) is 36.4 Å². The van der Waals surface area contributed by atoms with Crippen LogP contribution in [0.1, 0.15) is 5.76 Å². The predicted octanol–water partition coefficient (Wildman–Crippen LogP) is 1.74. The lowest BCUT2D eigenvalue weighted by Gasteiger charge is -2.07. The molecule has 0 aliphatic rings. The summed E-state index contributed by atoms with van der Waals surface area (Å²) in [4.78, 5) is 23.1. The molecule has 0 aliphatic heterocycles. The number of carbonyl (C=O) groups is 2. The number of rotatable bonds is 6. The van der Waals surface area contributed by atoms with Crippen LogP contribution in [-0.4, -0.2) is 25.0 Å². The summed E-state index contributed by atoms with van der Waals surface area (Å²) >= 11 is 5.75. The fourth-order valence-corrected chi connectivity index (χ4v) is 1.73. The molecule has 1 heterocycles. The molecule has 2 aromatic rings. The summed E-state index contributed by atoms with van der Waals surface area (Å²) in [5.41, 5.74) is 0. The van der Waals surface area contributed by atoms with Crippen molar-refractivity contribution >= 4 is 23.4 Å². The zero-order valence-corrected chi connectivity index (χ0v) is 12.4. The van der Waals surface area contributed by atoms with Crippen molar-refractivity contribution in [1.29, 1.82) is 0 Å². The summed E-state index contributed by atoms with van der Waals surface area (Å²) in [5.74, 6) is -0.220. The van der Waals surface area contributed by atoms with Gasteiger partial charge in [-0.1, -0.05) is 11.6 Å². The van der Waals surface area contributed by atoms with Crippen molar-refractivity contribution in [3.05, 3.63) is 53.4 Å². The van der Waals surface area contributed by atoms with Crippen LogP contribution in [0.2, 0.25) is 5.02 Å². The summed E-state index contributed by atoms with van der Waals surface area (Å²) in [6.07, 6.45) is 1.50. The first-order valence-corrected chi connectivity index (χ1v) is 7.00. The molecule has 0 spiro atoms. The van der Waals surface area contributed by atoms with Gasteiger partial charge in [-0.25, -0.2) is 0 Å². The number of hydrogen-bond acceptors (Lipinski definition) is 4. The van der Waals surface area contributed by atoms with E-state index in [-0.39, 0.29) is 19.7 Å². The number of halogens is 1. The molecule has 0 bridgehead atoms.